The van der Waals surface area contributed by atoms with E-state index in [0.717, 1.165) is 5.92 Å². The molecule has 0 spiro atoms. The second kappa shape index (κ2) is 5.25. The van der Waals surface area contributed by atoms with Crippen LogP contribution in [0.3, 0.4) is 0 Å². The van der Waals surface area contributed by atoms with Crippen molar-refractivity contribution < 1.29 is 9.53 Å². The van der Waals surface area contributed by atoms with Gasteiger partial charge in [0.2, 0.25) is 0 Å². The Hall–Kier alpha value is -0.530. The Balaban J connectivity index is 0.000000132. The minimum atomic E-state index is -0.0486. The van der Waals surface area contributed by atoms with Crippen molar-refractivity contribution in [1.82, 2.24) is 0 Å². The SMILES string of the molecule is CC1CCCC1.CC1COC(=O)C1. The van der Waals surface area contributed by atoms with E-state index in [-0.39, 0.29) is 5.97 Å². The summed E-state index contributed by atoms with van der Waals surface area (Å²) in [7, 11) is 0. The predicted molar refractivity (Wildman–Crippen MR) is 52.4 cm³/mol. The third kappa shape index (κ3) is 4.30. The summed E-state index contributed by atoms with van der Waals surface area (Å²) in [4.78, 5) is 10.2. The molecule has 2 rings (SSSR count). The van der Waals surface area contributed by atoms with Crippen molar-refractivity contribution in [1.29, 1.82) is 0 Å². The standard InChI is InChI=1S/C6H12.C5H8O2/c1-6-4-2-3-5-6;1-4-2-5(6)7-3-4/h6H,2-5H2,1H3;4H,2-3H2,1H3. The lowest BCUT2D eigenvalue weighted by molar-refractivity contribution is -0.137. The largest absolute Gasteiger partial charge is 0.465 e. The monoisotopic (exact) mass is 184 g/mol. The summed E-state index contributed by atoms with van der Waals surface area (Å²) in [6.07, 6.45) is 6.56. The van der Waals surface area contributed by atoms with Gasteiger partial charge in [-0.15, -0.1) is 0 Å². The first kappa shape index (κ1) is 10.6. The van der Waals surface area contributed by atoms with E-state index < -0.39 is 0 Å². The summed E-state index contributed by atoms with van der Waals surface area (Å²) in [5.41, 5.74) is 0. The van der Waals surface area contributed by atoms with Crippen LogP contribution in [0.1, 0.15) is 46.0 Å². The maximum atomic E-state index is 10.2. The van der Waals surface area contributed by atoms with E-state index in [0.29, 0.717) is 18.9 Å². The van der Waals surface area contributed by atoms with Crippen molar-refractivity contribution in [3.63, 3.8) is 0 Å². The molecule has 1 aliphatic carbocycles. The van der Waals surface area contributed by atoms with Crippen LogP contribution in [-0.4, -0.2) is 12.6 Å². The maximum Gasteiger partial charge on any atom is 0.306 e. The molecule has 2 heteroatoms. The molecule has 0 bridgehead atoms. The van der Waals surface area contributed by atoms with Gasteiger partial charge in [0.05, 0.1) is 13.0 Å². The van der Waals surface area contributed by atoms with E-state index in [4.69, 9.17) is 0 Å². The molecule has 1 saturated carbocycles. The molecule has 0 N–H and O–H groups in total. The van der Waals surface area contributed by atoms with Crippen LogP contribution in [0.15, 0.2) is 0 Å². The van der Waals surface area contributed by atoms with Crippen LogP contribution >= 0.6 is 0 Å². The molecule has 76 valence electrons. The van der Waals surface area contributed by atoms with Crippen LogP contribution in [0.4, 0.5) is 0 Å². The van der Waals surface area contributed by atoms with Crippen LogP contribution in [0.25, 0.3) is 0 Å². The summed E-state index contributed by atoms with van der Waals surface area (Å²) in [5.74, 6) is 1.45. The number of hydrogen-bond acceptors (Lipinski definition) is 2. The fourth-order valence-electron chi connectivity index (χ4n) is 1.77. The molecule has 1 heterocycles. The second-order valence-electron chi connectivity index (χ2n) is 4.38. The van der Waals surface area contributed by atoms with Gasteiger partial charge >= 0.3 is 5.97 Å². The Morgan fingerprint density at radius 3 is 1.92 bits per heavy atom. The Bertz CT molecular complexity index is 159. The molecule has 0 radical (unpaired) electrons. The van der Waals surface area contributed by atoms with Gasteiger partial charge in [-0.25, -0.2) is 0 Å². The van der Waals surface area contributed by atoms with Gasteiger partial charge in [0.25, 0.3) is 0 Å². The second-order valence-corrected chi connectivity index (χ2v) is 4.38. The van der Waals surface area contributed by atoms with Crippen molar-refractivity contribution >= 4 is 5.97 Å². The summed E-state index contributed by atoms with van der Waals surface area (Å²) in [6.45, 7) is 4.97. The van der Waals surface area contributed by atoms with Crippen molar-refractivity contribution in [2.24, 2.45) is 11.8 Å². The van der Waals surface area contributed by atoms with E-state index in [2.05, 4.69) is 11.7 Å². The fraction of sp³-hybridized carbons (Fsp3) is 0.909. The topological polar surface area (TPSA) is 26.3 Å². The van der Waals surface area contributed by atoms with Crippen molar-refractivity contribution in [3.8, 4) is 0 Å². The number of hydrogen-bond donors (Lipinski definition) is 0. The average Bonchev–Trinajstić information content (AvgIpc) is 2.64. The van der Waals surface area contributed by atoms with E-state index in [1.54, 1.807) is 0 Å². The van der Waals surface area contributed by atoms with Gasteiger partial charge < -0.3 is 4.74 Å². The lowest BCUT2D eigenvalue weighted by Crippen LogP contribution is -1.88. The third-order valence-corrected chi connectivity index (χ3v) is 2.69. The quantitative estimate of drug-likeness (QED) is 0.541. The number of esters is 1. The lowest BCUT2D eigenvalue weighted by atomic mass is 10.2. The number of cyclic esters (lactones) is 1. The van der Waals surface area contributed by atoms with Gasteiger partial charge in [0.1, 0.15) is 0 Å². The molecule has 1 unspecified atom stereocenters. The molecule has 1 saturated heterocycles. The van der Waals surface area contributed by atoms with Crippen LogP contribution in [0, 0.1) is 11.8 Å². The summed E-state index contributed by atoms with van der Waals surface area (Å²) < 4.78 is 4.63. The normalized spacial score (nSPS) is 28.2. The molecule has 0 aromatic rings. The van der Waals surface area contributed by atoms with Crippen LogP contribution < -0.4 is 0 Å². The molecular formula is C11H20O2. The third-order valence-electron chi connectivity index (χ3n) is 2.69. The highest BCUT2D eigenvalue weighted by molar-refractivity contribution is 5.71. The molecule has 0 aromatic heterocycles. The van der Waals surface area contributed by atoms with E-state index in [1.807, 2.05) is 6.92 Å². The zero-order valence-electron chi connectivity index (χ0n) is 8.71. The summed E-state index contributed by atoms with van der Waals surface area (Å²) in [6, 6.07) is 0. The molecule has 2 aliphatic rings. The minimum absolute atomic E-state index is 0.0486. The molecule has 0 amide bonds. The number of rotatable bonds is 0. The van der Waals surface area contributed by atoms with Crippen molar-refractivity contribution in [3.05, 3.63) is 0 Å². The zero-order chi connectivity index (χ0) is 9.68. The highest BCUT2D eigenvalue weighted by Crippen LogP contribution is 2.22. The smallest absolute Gasteiger partial charge is 0.306 e. The first-order valence-corrected chi connectivity index (χ1v) is 5.34. The lowest BCUT2D eigenvalue weighted by Gasteiger charge is -1.91. The van der Waals surface area contributed by atoms with Gasteiger partial charge in [-0.1, -0.05) is 39.5 Å². The number of carbonyl (C=O) groups excluding carboxylic acids is 1. The van der Waals surface area contributed by atoms with Crippen LogP contribution in [0.2, 0.25) is 0 Å². The molecular weight excluding hydrogens is 164 g/mol. The number of carbonyl (C=O) groups is 1. The van der Waals surface area contributed by atoms with Crippen LogP contribution in [0.5, 0.6) is 0 Å². The molecule has 2 nitrogen and oxygen atoms in total. The van der Waals surface area contributed by atoms with E-state index in [9.17, 15) is 4.79 Å². The summed E-state index contributed by atoms with van der Waals surface area (Å²) >= 11 is 0. The van der Waals surface area contributed by atoms with E-state index in [1.165, 1.54) is 25.7 Å². The highest BCUT2D eigenvalue weighted by Gasteiger charge is 2.18. The maximum absolute atomic E-state index is 10.2. The van der Waals surface area contributed by atoms with Crippen molar-refractivity contribution in [2.45, 2.75) is 46.0 Å². The van der Waals surface area contributed by atoms with Gasteiger partial charge in [-0.2, -0.15) is 0 Å². The minimum Gasteiger partial charge on any atom is -0.465 e. The zero-order valence-corrected chi connectivity index (χ0v) is 8.71. The highest BCUT2D eigenvalue weighted by atomic mass is 16.5. The van der Waals surface area contributed by atoms with Gasteiger partial charge in [0, 0.05) is 5.92 Å². The summed E-state index contributed by atoms with van der Waals surface area (Å²) in [5, 5.41) is 0. The van der Waals surface area contributed by atoms with Crippen molar-refractivity contribution in [2.75, 3.05) is 6.61 Å². The fourth-order valence-corrected chi connectivity index (χ4v) is 1.77. The molecule has 1 aliphatic heterocycles. The first-order chi connectivity index (χ1) is 6.18. The van der Waals surface area contributed by atoms with Gasteiger partial charge in [0.15, 0.2) is 0 Å². The Labute approximate surface area is 80.7 Å². The molecule has 1 atom stereocenters. The van der Waals surface area contributed by atoms with Gasteiger partial charge in [-0.3, -0.25) is 4.79 Å². The van der Waals surface area contributed by atoms with Gasteiger partial charge in [-0.05, 0) is 5.92 Å². The van der Waals surface area contributed by atoms with Crippen LogP contribution in [-0.2, 0) is 9.53 Å². The average molecular weight is 184 g/mol. The Morgan fingerprint density at radius 2 is 1.77 bits per heavy atom. The molecule has 0 aromatic carbocycles. The molecule has 13 heavy (non-hydrogen) atoms. The predicted octanol–water partition coefficient (Wildman–Crippen LogP) is 2.77. The van der Waals surface area contributed by atoms with E-state index >= 15 is 0 Å². The number of ether oxygens (including phenoxy) is 1. The first-order valence-electron chi connectivity index (χ1n) is 5.34. The Kier molecular flexibility index (Phi) is 4.26. The molecule has 2 fully saturated rings. The Morgan fingerprint density at radius 1 is 1.15 bits per heavy atom.